The van der Waals surface area contributed by atoms with E-state index in [1.165, 1.54) is 5.57 Å². The Kier molecular flexibility index (Phi) is 12.3. The number of aliphatic hydroxyl groups excluding tert-OH is 1. The van der Waals surface area contributed by atoms with Gasteiger partial charge in [-0.1, -0.05) is 72.6 Å². The molecule has 4 saturated carbocycles. The van der Waals surface area contributed by atoms with Crippen LogP contribution in [0, 0.1) is 56.7 Å². The van der Waals surface area contributed by atoms with E-state index in [0.29, 0.717) is 41.7 Å². The molecule has 10 atom stereocenters. The van der Waals surface area contributed by atoms with Gasteiger partial charge < -0.3 is 19.5 Å². The Hall–Kier alpha value is -2.13. The maximum atomic E-state index is 14.3. The summed E-state index contributed by atoms with van der Waals surface area (Å²) in [6.07, 6.45) is 10.3. The summed E-state index contributed by atoms with van der Waals surface area (Å²) in [5, 5.41) is 13.3. The van der Waals surface area contributed by atoms with E-state index in [2.05, 4.69) is 77.3 Å². The van der Waals surface area contributed by atoms with E-state index < -0.39 is 16.9 Å². The largest absolute Gasteiger partial charge is 0.462 e. The molecule has 6 rings (SSSR count). The first-order chi connectivity index (χ1) is 26.1. The Morgan fingerprint density at radius 1 is 1.00 bits per heavy atom. The molecule has 0 saturated heterocycles. The Bertz CT molecular complexity index is 1670. The molecule has 0 bridgehead atoms. The maximum absolute atomic E-state index is 14.3. The van der Waals surface area contributed by atoms with Gasteiger partial charge in [0.05, 0.1) is 23.2 Å². The van der Waals surface area contributed by atoms with Crippen LogP contribution in [0.1, 0.15) is 138 Å². The van der Waals surface area contributed by atoms with Gasteiger partial charge in [0.15, 0.2) is 5.78 Å². The fourth-order valence-electron chi connectivity index (χ4n) is 13.6. The third kappa shape index (κ3) is 7.60. The highest BCUT2D eigenvalue weighted by molar-refractivity contribution is 6.30. The number of aldehydes is 1. The molecule has 0 aliphatic heterocycles. The molecule has 0 aromatic carbocycles. The minimum Gasteiger partial charge on any atom is -0.462 e. The van der Waals surface area contributed by atoms with Crippen molar-refractivity contribution in [3.63, 3.8) is 0 Å². The van der Waals surface area contributed by atoms with Crippen LogP contribution in [0.3, 0.4) is 0 Å². The number of nitrogens with zero attached hydrogens (tertiary/aromatic N) is 3. The van der Waals surface area contributed by atoms with Crippen molar-refractivity contribution < 1.29 is 24.2 Å². The summed E-state index contributed by atoms with van der Waals surface area (Å²) in [5.41, 5.74) is 2.02. The van der Waals surface area contributed by atoms with Crippen LogP contribution in [-0.4, -0.2) is 83.9 Å². The summed E-state index contributed by atoms with van der Waals surface area (Å²) in [7, 11) is 4.16. The number of carbonyl (C=O) groups excluding carboxylic acids is 3. The number of ether oxygens (including phenoxy) is 1. The molecule has 56 heavy (non-hydrogen) atoms. The molecule has 0 spiro atoms. The highest BCUT2D eigenvalue weighted by Crippen LogP contribution is 2.73. The Balaban J connectivity index is 1.28. The molecule has 8 nitrogen and oxygen atoms in total. The zero-order valence-electron chi connectivity index (χ0n) is 36.4. The Morgan fingerprint density at radius 3 is 2.32 bits per heavy atom. The van der Waals surface area contributed by atoms with Crippen LogP contribution in [-0.2, 0) is 19.1 Å². The lowest BCUT2D eigenvalue weighted by Crippen LogP contribution is -2.63. The molecule has 1 N–H and O–H groups in total. The minimum atomic E-state index is -0.725. The SMILES string of the molecule is CC(C)C1=C2C3CCC4C(C)(CCC5C(C)(C)C(OC(=O)CC(C)(C)C=O)CCC54C)C3CCC2(C(O)CN(CCN(C)C)C(C)c2ccc(Cl)cn2)CC1=O. The van der Waals surface area contributed by atoms with Crippen LogP contribution >= 0.6 is 11.6 Å². The second-order valence-corrected chi connectivity index (χ2v) is 21.7. The quantitative estimate of drug-likeness (QED) is 0.156. The van der Waals surface area contributed by atoms with Crippen LogP contribution in [0.15, 0.2) is 29.5 Å². The van der Waals surface area contributed by atoms with Gasteiger partial charge in [0.25, 0.3) is 0 Å². The number of hydrogen-bond donors (Lipinski definition) is 1. The molecule has 0 radical (unpaired) electrons. The summed E-state index contributed by atoms with van der Waals surface area (Å²) in [6, 6.07) is 3.84. The van der Waals surface area contributed by atoms with Crippen molar-refractivity contribution in [3.8, 4) is 0 Å². The molecule has 5 aliphatic carbocycles. The monoisotopic (exact) mass is 794 g/mol. The molecular formula is C47H72ClN3O5. The molecular weight excluding hydrogens is 722 g/mol. The number of aliphatic hydroxyl groups is 1. The highest BCUT2D eigenvalue weighted by Gasteiger charge is 2.67. The van der Waals surface area contributed by atoms with E-state index in [-0.39, 0.29) is 52.5 Å². The number of pyridine rings is 1. The van der Waals surface area contributed by atoms with Crippen LogP contribution < -0.4 is 0 Å². The smallest absolute Gasteiger partial charge is 0.307 e. The van der Waals surface area contributed by atoms with Crippen molar-refractivity contribution in [1.29, 1.82) is 0 Å². The van der Waals surface area contributed by atoms with E-state index in [9.17, 15) is 19.5 Å². The normalized spacial score (nSPS) is 35.1. The van der Waals surface area contributed by atoms with Gasteiger partial charge in [-0.3, -0.25) is 19.5 Å². The van der Waals surface area contributed by atoms with Gasteiger partial charge in [-0.05, 0) is 131 Å². The van der Waals surface area contributed by atoms with Crippen LogP contribution in [0.25, 0.3) is 0 Å². The van der Waals surface area contributed by atoms with Crippen molar-refractivity contribution in [2.45, 2.75) is 145 Å². The van der Waals surface area contributed by atoms with E-state index in [1.54, 1.807) is 20.0 Å². The van der Waals surface area contributed by atoms with Crippen molar-refractivity contribution in [1.82, 2.24) is 14.8 Å². The summed E-state index contributed by atoms with van der Waals surface area (Å²) in [6.45, 7) is 22.0. The average Bonchev–Trinajstić information content (AvgIpc) is 3.44. The summed E-state index contributed by atoms with van der Waals surface area (Å²) < 4.78 is 6.24. The first-order valence-electron chi connectivity index (χ1n) is 21.7. The average molecular weight is 795 g/mol. The summed E-state index contributed by atoms with van der Waals surface area (Å²) in [4.78, 5) is 48.1. The van der Waals surface area contributed by atoms with Crippen LogP contribution in [0.4, 0.5) is 0 Å². The molecule has 10 unspecified atom stereocenters. The van der Waals surface area contributed by atoms with Gasteiger partial charge in [-0.2, -0.15) is 0 Å². The van der Waals surface area contributed by atoms with Gasteiger partial charge in [-0.25, -0.2) is 0 Å². The third-order valence-electron chi connectivity index (χ3n) is 16.4. The molecule has 1 aromatic rings. The van der Waals surface area contributed by atoms with E-state index in [1.807, 2.05) is 12.1 Å². The number of ketones is 1. The highest BCUT2D eigenvalue weighted by atomic mass is 35.5. The minimum absolute atomic E-state index is 0.0277. The number of halogens is 1. The number of carbonyl (C=O) groups is 3. The van der Waals surface area contributed by atoms with Crippen molar-refractivity contribution in [3.05, 3.63) is 40.2 Å². The standard InChI is InChI=1S/C47H72ClN3O5/c1-29(2)41-35(53)24-47(38(54)27-51(23-22-50(10)11)30(3)34-14-12-31(48)26-49-34)21-16-33-32(42(41)47)13-15-37-45(33,8)19-17-36-44(6,7)39(18-20-46(36,37)9)56-40(55)25-43(4,5)28-52/h12,14,26,28-30,32-33,36-39,54H,13,15-25,27H2,1-11H3. The number of allylic oxidation sites excluding steroid dienone is 1. The van der Waals surface area contributed by atoms with Crippen molar-refractivity contribution in [2.75, 3.05) is 33.7 Å². The van der Waals surface area contributed by atoms with E-state index in [0.717, 1.165) is 82.0 Å². The van der Waals surface area contributed by atoms with Gasteiger partial charge in [0.1, 0.15) is 12.4 Å². The zero-order chi connectivity index (χ0) is 41.2. The fourth-order valence-corrected chi connectivity index (χ4v) is 13.7. The fraction of sp³-hybridized carbons (Fsp3) is 0.787. The second kappa shape index (κ2) is 15.8. The van der Waals surface area contributed by atoms with E-state index >= 15 is 0 Å². The molecule has 4 fully saturated rings. The first-order valence-corrected chi connectivity index (χ1v) is 22.1. The number of rotatable bonds is 13. The third-order valence-corrected chi connectivity index (χ3v) is 16.6. The van der Waals surface area contributed by atoms with Crippen molar-refractivity contribution in [2.24, 2.45) is 56.7 Å². The van der Waals surface area contributed by atoms with Crippen LogP contribution in [0.5, 0.6) is 0 Å². The van der Waals surface area contributed by atoms with Gasteiger partial charge in [0, 0.05) is 54.5 Å². The van der Waals surface area contributed by atoms with E-state index in [4.69, 9.17) is 16.3 Å². The molecule has 312 valence electrons. The molecule has 9 heteroatoms. The van der Waals surface area contributed by atoms with Crippen LogP contribution in [0.2, 0.25) is 5.02 Å². The number of Topliss-reactive ketones (excluding diaryl/α,β-unsaturated/α-hetero) is 1. The van der Waals surface area contributed by atoms with Crippen molar-refractivity contribution >= 4 is 29.6 Å². The van der Waals surface area contributed by atoms with Gasteiger partial charge in [-0.15, -0.1) is 0 Å². The molecule has 5 aliphatic rings. The molecule has 0 amide bonds. The lowest BCUT2D eigenvalue weighted by Gasteiger charge is -2.69. The lowest BCUT2D eigenvalue weighted by molar-refractivity contribution is -0.214. The molecule has 1 aromatic heterocycles. The van der Waals surface area contributed by atoms with Gasteiger partial charge in [0.2, 0.25) is 0 Å². The predicted molar refractivity (Wildman–Crippen MR) is 223 cm³/mol. The Labute approximate surface area is 342 Å². The number of esters is 1. The summed E-state index contributed by atoms with van der Waals surface area (Å²) in [5.74, 6) is 1.80. The Morgan fingerprint density at radius 2 is 1.70 bits per heavy atom. The zero-order valence-corrected chi connectivity index (χ0v) is 37.2. The number of likely N-dealkylation sites (N-methyl/N-ethyl adjacent to an activating group) is 1. The number of fused-ring (bicyclic) bond motifs is 7. The number of aromatic nitrogens is 1. The lowest BCUT2D eigenvalue weighted by atomic mass is 9.36. The number of hydrogen-bond acceptors (Lipinski definition) is 8. The second-order valence-electron chi connectivity index (χ2n) is 21.2. The molecule has 1 heterocycles. The summed E-state index contributed by atoms with van der Waals surface area (Å²) >= 11 is 6.22. The first kappa shape index (κ1) is 43.4. The maximum Gasteiger partial charge on any atom is 0.307 e. The van der Waals surface area contributed by atoms with Gasteiger partial charge >= 0.3 is 5.97 Å². The predicted octanol–water partition coefficient (Wildman–Crippen LogP) is 9.14. The topological polar surface area (TPSA) is 100 Å².